The molecule has 16 heteroatoms. The van der Waals surface area contributed by atoms with Gasteiger partial charge in [0.25, 0.3) is 0 Å². The maximum absolute atomic E-state index is 11.6. The molecular weight excluding hydrogens is 823 g/mol. The smallest absolute Gasteiger partial charge is 0.225 e. The molecule has 14 nitrogen and oxygen atoms in total. The number of rotatable bonds is 14. The van der Waals surface area contributed by atoms with Gasteiger partial charge >= 0.3 is 0 Å². The number of halogens is 2. The lowest BCUT2D eigenvalue weighted by molar-refractivity contribution is -0.332. The summed E-state index contributed by atoms with van der Waals surface area (Å²) in [5.41, 5.74) is -0.334. The minimum Gasteiger partial charge on any atom is -0.494 e. The molecule has 0 saturated carbocycles. The van der Waals surface area contributed by atoms with Gasteiger partial charge in [0, 0.05) is 26.7 Å². The minimum absolute atomic E-state index is 0.202. The highest BCUT2D eigenvalue weighted by Crippen LogP contribution is 2.53. The number of fused-ring (bicyclic) bond motifs is 4. The zero-order chi connectivity index (χ0) is 42.6. The summed E-state index contributed by atoms with van der Waals surface area (Å²) in [6, 6.07) is 24.2. The van der Waals surface area contributed by atoms with Crippen molar-refractivity contribution >= 4 is 23.2 Å². The van der Waals surface area contributed by atoms with Crippen molar-refractivity contribution in [2.45, 2.75) is 85.8 Å². The van der Waals surface area contributed by atoms with Gasteiger partial charge in [-0.3, -0.25) is 0 Å². The van der Waals surface area contributed by atoms with Gasteiger partial charge in [0.05, 0.1) is 39.6 Å². The van der Waals surface area contributed by atoms with Crippen LogP contribution in [0.25, 0.3) is 0 Å². The molecule has 0 radical (unpaired) electrons. The first kappa shape index (κ1) is 43.2. The lowest BCUT2D eigenvalue weighted by Crippen LogP contribution is -2.65. The molecule has 322 valence electrons. The summed E-state index contributed by atoms with van der Waals surface area (Å²) in [7, 11) is 0. The van der Waals surface area contributed by atoms with Crippen molar-refractivity contribution < 1.29 is 68.9 Å². The summed E-state index contributed by atoms with van der Waals surface area (Å²) in [5, 5.41) is 78.4. The second-order valence-electron chi connectivity index (χ2n) is 15.7. The van der Waals surface area contributed by atoms with Crippen molar-refractivity contribution in [1.29, 1.82) is 0 Å². The van der Waals surface area contributed by atoms with Crippen molar-refractivity contribution in [3.05, 3.63) is 128 Å². The third-order valence-corrected chi connectivity index (χ3v) is 12.6. The number of aliphatic hydroxyl groups excluding tert-OH is 7. The first-order valence-electron chi connectivity index (χ1n) is 19.8. The Morgan fingerprint density at radius 1 is 0.650 bits per heavy atom. The topological polar surface area (TPSA) is 206 Å². The number of aliphatic hydroxyl groups is 7. The molecule has 4 aliphatic heterocycles. The molecular formula is C44H48Cl2O14. The van der Waals surface area contributed by atoms with Gasteiger partial charge in [-0.2, -0.15) is 0 Å². The lowest BCUT2D eigenvalue weighted by atomic mass is 9.83. The summed E-state index contributed by atoms with van der Waals surface area (Å²) in [5.74, 6) is -2.61. The molecule has 0 spiro atoms. The third kappa shape index (κ3) is 7.19. The molecule has 4 fully saturated rings. The van der Waals surface area contributed by atoms with E-state index in [1.807, 2.05) is 38.1 Å². The van der Waals surface area contributed by atoms with E-state index in [1.165, 1.54) is 12.1 Å². The van der Waals surface area contributed by atoms with Crippen LogP contribution in [0.15, 0.2) is 84.9 Å². The Morgan fingerprint density at radius 2 is 1.17 bits per heavy atom. The molecule has 8 rings (SSSR count). The highest BCUT2D eigenvalue weighted by Gasteiger charge is 2.68. The van der Waals surface area contributed by atoms with E-state index in [2.05, 4.69) is 0 Å². The van der Waals surface area contributed by atoms with Gasteiger partial charge in [0.15, 0.2) is 0 Å². The number of hydrogen-bond acceptors (Lipinski definition) is 14. The van der Waals surface area contributed by atoms with Crippen molar-refractivity contribution in [3.63, 3.8) is 0 Å². The Hall–Kier alpha value is -3.42. The normalized spacial score (nSPS) is 33.8. The Balaban J connectivity index is 1.13. The second-order valence-corrected chi connectivity index (χ2v) is 16.5. The van der Waals surface area contributed by atoms with Crippen LogP contribution in [0.4, 0.5) is 0 Å². The van der Waals surface area contributed by atoms with E-state index < -0.39 is 78.7 Å². The molecule has 0 amide bonds. The third-order valence-electron chi connectivity index (χ3n) is 11.9. The summed E-state index contributed by atoms with van der Waals surface area (Å²) in [6.45, 7) is 2.99. The monoisotopic (exact) mass is 870 g/mol. The molecule has 4 heterocycles. The molecule has 0 aromatic heterocycles. The van der Waals surface area contributed by atoms with Gasteiger partial charge in [-0.1, -0.05) is 59.6 Å². The molecule has 4 bridgehead atoms. The van der Waals surface area contributed by atoms with Crippen LogP contribution in [0, 0.1) is 0 Å². The summed E-state index contributed by atoms with van der Waals surface area (Å²) in [6.07, 6.45) is -10.9. The summed E-state index contributed by atoms with van der Waals surface area (Å²) < 4.78 is 42.9. The first-order valence-corrected chi connectivity index (χ1v) is 20.5. The van der Waals surface area contributed by atoms with E-state index in [4.69, 9.17) is 56.4 Å². The Labute approximate surface area is 356 Å². The zero-order valence-corrected chi connectivity index (χ0v) is 34.3. The van der Waals surface area contributed by atoms with Gasteiger partial charge < -0.3 is 68.9 Å². The molecule has 4 aromatic carbocycles. The van der Waals surface area contributed by atoms with E-state index in [-0.39, 0.29) is 23.8 Å². The number of benzene rings is 4. The fourth-order valence-corrected chi connectivity index (χ4v) is 9.01. The van der Waals surface area contributed by atoms with Crippen LogP contribution in [0.3, 0.4) is 0 Å². The van der Waals surface area contributed by atoms with Gasteiger partial charge in [-0.15, -0.1) is 0 Å². The molecule has 11 atom stereocenters. The Morgan fingerprint density at radius 3 is 1.75 bits per heavy atom. The average Bonchev–Trinajstić information content (AvgIpc) is 3.84. The molecule has 4 saturated heterocycles. The van der Waals surface area contributed by atoms with Gasteiger partial charge in [0.1, 0.15) is 65.4 Å². The van der Waals surface area contributed by atoms with Crippen LogP contribution < -0.4 is 9.47 Å². The van der Waals surface area contributed by atoms with Gasteiger partial charge in [-0.25, -0.2) is 0 Å². The van der Waals surface area contributed by atoms with E-state index >= 15 is 0 Å². The Kier molecular flexibility index (Phi) is 12.0. The maximum atomic E-state index is 11.6. The number of ether oxygens (including phenoxy) is 7. The average molecular weight is 872 g/mol. The van der Waals surface area contributed by atoms with E-state index in [1.54, 1.807) is 48.5 Å². The van der Waals surface area contributed by atoms with Crippen LogP contribution in [-0.4, -0.2) is 123 Å². The van der Waals surface area contributed by atoms with Gasteiger partial charge in [0.2, 0.25) is 11.6 Å². The summed E-state index contributed by atoms with van der Waals surface area (Å²) in [4.78, 5) is 0. The molecule has 1 unspecified atom stereocenters. The van der Waals surface area contributed by atoms with E-state index in [0.717, 1.165) is 11.3 Å². The first-order chi connectivity index (χ1) is 28.7. The van der Waals surface area contributed by atoms with Gasteiger partial charge in [-0.05, 0) is 85.5 Å². The quantitative estimate of drug-likeness (QED) is 0.0973. The maximum Gasteiger partial charge on any atom is 0.225 e. The standard InChI is InChI=1S/C44H48Cl2O14/c1-3-54-29-11-5-24(6-12-29)17-26-18-27(9-15-32(26)45)43-40(53)35(49)38(51)42(60-43,23-58-43)21-56-36(25-7-13-30(14-8-25)55-4-2)31-19-28(10-16-33(31)46)44-39(52)34(48)37(50)41(20-47,59-44)22-57-44/h5-16,18-19,34-40,47-53H,3-4,17,20-23H2,1-2H3/t34-,35-,36?,37-,38-,39+,40+,41-,42-,43-,44-/m0/s1. The van der Waals surface area contributed by atoms with Crippen molar-refractivity contribution in [1.82, 2.24) is 0 Å². The van der Waals surface area contributed by atoms with Crippen molar-refractivity contribution in [2.24, 2.45) is 0 Å². The SMILES string of the molecule is CCOc1ccc(Cc2cc([C@]34OC[C@](COC(c5ccc(OCC)cc5)c5cc([C@]67OC[C@](CO)(O6)[C@@H](O)[C@H](O)[C@H]7O)ccc5Cl)(O3)[C@@H](O)[C@H](O)[C@H]4O)ccc2Cl)cc1. The summed E-state index contributed by atoms with van der Waals surface area (Å²) >= 11 is 13.6. The van der Waals surface area contributed by atoms with Crippen LogP contribution >= 0.6 is 23.2 Å². The molecule has 0 aliphatic carbocycles. The molecule has 60 heavy (non-hydrogen) atoms. The second kappa shape index (κ2) is 16.7. The Bertz CT molecular complexity index is 2160. The fourth-order valence-electron chi connectivity index (χ4n) is 8.61. The number of hydrogen-bond donors (Lipinski definition) is 7. The minimum atomic E-state index is -2.01. The molecule has 4 aliphatic rings. The highest BCUT2D eigenvalue weighted by molar-refractivity contribution is 6.31. The van der Waals surface area contributed by atoms with E-state index in [0.29, 0.717) is 52.7 Å². The molecule has 7 N–H and O–H groups in total. The zero-order valence-electron chi connectivity index (χ0n) is 32.8. The highest BCUT2D eigenvalue weighted by atomic mass is 35.5. The molecule has 4 aromatic rings. The van der Waals surface area contributed by atoms with Crippen molar-refractivity contribution in [2.75, 3.05) is 39.6 Å². The van der Waals surface area contributed by atoms with E-state index in [9.17, 15) is 35.7 Å². The largest absolute Gasteiger partial charge is 0.494 e. The lowest BCUT2D eigenvalue weighted by Gasteiger charge is -2.47. The predicted molar refractivity (Wildman–Crippen MR) is 215 cm³/mol. The van der Waals surface area contributed by atoms with Crippen LogP contribution in [0.1, 0.15) is 53.3 Å². The van der Waals surface area contributed by atoms with Crippen LogP contribution in [0.5, 0.6) is 11.5 Å². The van der Waals surface area contributed by atoms with Crippen LogP contribution in [-0.2, 0) is 41.7 Å². The van der Waals surface area contributed by atoms with Crippen molar-refractivity contribution in [3.8, 4) is 11.5 Å². The fraction of sp³-hybridized carbons (Fsp3) is 0.455. The van der Waals surface area contributed by atoms with Crippen LogP contribution in [0.2, 0.25) is 10.0 Å². The predicted octanol–water partition coefficient (Wildman–Crippen LogP) is 3.25.